The molecule has 0 saturated carbocycles. The summed E-state index contributed by atoms with van der Waals surface area (Å²) in [5.74, 6) is 0. The lowest BCUT2D eigenvalue weighted by atomic mass is 10.2. The lowest BCUT2D eigenvalue weighted by molar-refractivity contribution is 0.104. The van der Waals surface area contributed by atoms with Crippen LogP contribution in [-0.4, -0.2) is 46.1 Å². The zero-order valence-electron chi connectivity index (χ0n) is 12.9. The number of fused-ring (bicyclic) bond motifs is 1. The first kappa shape index (κ1) is 15.2. The standard InChI is InChI=1S/C17H18N4O2/c1-20(11-12-23-13-14-7-3-2-4-8-14)17(22)21-16-10-6-5-9-15(16)18-19-21/h2-10H,11-13H2,1H3. The number of hydrogen-bond acceptors (Lipinski definition) is 4. The first-order chi connectivity index (χ1) is 11.3. The van der Waals surface area contributed by atoms with E-state index in [0.717, 1.165) is 5.56 Å². The summed E-state index contributed by atoms with van der Waals surface area (Å²) in [6.45, 7) is 1.48. The molecule has 3 aromatic rings. The summed E-state index contributed by atoms with van der Waals surface area (Å²) in [5, 5.41) is 7.92. The van der Waals surface area contributed by atoms with Crippen molar-refractivity contribution in [1.82, 2.24) is 19.9 Å². The Morgan fingerprint density at radius 3 is 2.70 bits per heavy atom. The molecule has 0 bridgehead atoms. The van der Waals surface area contributed by atoms with Crippen molar-refractivity contribution >= 4 is 17.1 Å². The van der Waals surface area contributed by atoms with E-state index >= 15 is 0 Å². The molecule has 6 nitrogen and oxygen atoms in total. The van der Waals surface area contributed by atoms with Gasteiger partial charge in [-0.15, -0.1) is 5.10 Å². The maximum absolute atomic E-state index is 12.4. The quantitative estimate of drug-likeness (QED) is 0.680. The summed E-state index contributed by atoms with van der Waals surface area (Å²) >= 11 is 0. The zero-order chi connectivity index (χ0) is 16.1. The van der Waals surface area contributed by atoms with Gasteiger partial charge in [-0.1, -0.05) is 47.7 Å². The van der Waals surface area contributed by atoms with Crippen LogP contribution in [0.5, 0.6) is 0 Å². The lowest BCUT2D eigenvalue weighted by Crippen LogP contribution is -2.34. The minimum Gasteiger partial charge on any atom is -0.375 e. The van der Waals surface area contributed by atoms with Crippen molar-refractivity contribution in [3.8, 4) is 0 Å². The third-order valence-corrected chi connectivity index (χ3v) is 3.54. The fourth-order valence-corrected chi connectivity index (χ4v) is 2.23. The predicted octanol–water partition coefficient (Wildman–Crippen LogP) is 2.55. The second-order valence-corrected chi connectivity index (χ2v) is 5.23. The Morgan fingerprint density at radius 2 is 1.87 bits per heavy atom. The van der Waals surface area contributed by atoms with Gasteiger partial charge in [0.1, 0.15) is 5.52 Å². The van der Waals surface area contributed by atoms with Crippen molar-refractivity contribution in [2.24, 2.45) is 0 Å². The van der Waals surface area contributed by atoms with Crippen LogP contribution in [0.3, 0.4) is 0 Å². The fourth-order valence-electron chi connectivity index (χ4n) is 2.23. The third kappa shape index (κ3) is 3.54. The van der Waals surface area contributed by atoms with Crippen molar-refractivity contribution in [2.75, 3.05) is 20.2 Å². The lowest BCUT2D eigenvalue weighted by Gasteiger charge is -2.16. The molecule has 1 aromatic heterocycles. The molecule has 0 N–H and O–H groups in total. The fraction of sp³-hybridized carbons (Fsp3) is 0.235. The van der Waals surface area contributed by atoms with Crippen LogP contribution in [0.15, 0.2) is 54.6 Å². The molecule has 3 rings (SSSR count). The van der Waals surface area contributed by atoms with Crippen LogP contribution in [0, 0.1) is 0 Å². The van der Waals surface area contributed by atoms with Gasteiger partial charge in [-0.2, -0.15) is 4.68 Å². The van der Waals surface area contributed by atoms with Crippen LogP contribution in [0.2, 0.25) is 0 Å². The Hall–Kier alpha value is -2.73. The molecule has 0 spiro atoms. The molecular formula is C17H18N4O2. The van der Waals surface area contributed by atoms with Crippen LogP contribution in [0.25, 0.3) is 11.0 Å². The highest BCUT2D eigenvalue weighted by Crippen LogP contribution is 2.10. The number of para-hydroxylation sites is 1. The topological polar surface area (TPSA) is 60.2 Å². The van der Waals surface area contributed by atoms with Crippen molar-refractivity contribution < 1.29 is 9.53 Å². The molecule has 2 aromatic carbocycles. The molecule has 0 aliphatic rings. The SMILES string of the molecule is CN(CCOCc1ccccc1)C(=O)n1nnc2ccccc21. The van der Waals surface area contributed by atoms with Crippen LogP contribution in [-0.2, 0) is 11.3 Å². The Labute approximate surface area is 134 Å². The van der Waals surface area contributed by atoms with Crippen molar-refractivity contribution in [3.63, 3.8) is 0 Å². The van der Waals surface area contributed by atoms with E-state index < -0.39 is 0 Å². The van der Waals surface area contributed by atoms with E-state index in [9.17, 15) is 4.79 Å². The number of carbonyl (C=O) groups is 1. The molecule has 0 unspecified atom stereocenters. The van der Waals surface area contributed by atoms with Gasteiger partial charge in [-0.05, 0) is 17.7 Å². The van der Waals surface area contributed by atoms with Gasteiger partial charge >= 0.3 is 6.03 Å². The number of nitrogens with zero attached hydrogens (tertiary/aromatic N) is 4. The highest BCUT2D eigenvalue weighted by Gasteiger charge is 2.15. The normalized spacial score (nSPS) is 10.8. The van der Waals surface area contributed by atoms with Gasteiger partial charge in [0.15, 0.2) is 0 Å². The van der Waals surface area contributed by atoms with Gasteiger partial charge in [0, 0.05) is 13.6 Å². The number of aromatic nitrogens is 3. The number of rotatable bonds is 5. The van der Waals surface area contributed by atoms with E-state index in [-0.39, 0.29) is 6.03 Å². The summed E-state index contributed by atoms with van der Waals surface area (Å²) in [4.78, 5) is 14.0. The first-order valence-corrected chi connectivity index (χ1v) is 7.43. The highest BCUT2D eigenvalue weighted by molar-refractivity contribution is 5.87. The van der Waals surface area contributed by atoms with Gasteiger partial charge in [0.05, 0.1) is 18.7 Å². The van der Waals surface area contributed by atoms with E-state index in [4.69, 9.17) is 4.74 Å². The average Bonchev–Trinajstić information content (AvgIpc) is 3.03. The van der Waals surface area contributed by atoms with Crippen molar-refractivity contribution in [2.45, 2.75) is 6.61 Å². The number of amides is 1. The van der Waals surface area contributed by atoms with Crippen LogP contribution < -0.4 is 0 Å². The van der Waals surface area contributed by atoms with E-state index in [1.54, 1.807) is 11.9 Å². The van der Waals surface area contributed by atoms with Gasteiger partial charge in [-0.3, -0.25) is 0 Å². The molecule has 6 heteroatoms. The number of hydrogen-bond donors (Lipinski definition) is 0. The van der Waals surface area contributed by atoms with Crippen molar-refractivity contribution in [1.29, 1.82) is 0 Å². The third-order valence-electron chi connectivity index (χ3n) is 3.54. The summed E-state index contributed by atoms with van der Waals surface area (Å²) in [7, 11) is 1.73. The van der Waals surface area contributed by atoms with Crippen LogP contribution in [0.4, 0.5) is 4.79 Å². The molecule has 0 saturated heterocycles. The molecule has 1 amide bonds. The second kappa shape index (κ2) is 7.02. The molecule has 0 aliphatic carbocycles. The smallest absolute Gasteiger partial charge is 0.346 e. The molecule has 0 aliphatic heterocycles. The number of benzene rings is 2. The Bertz CT molecular complexity index is 785. The molecular weight excluding hydrogens is 292 g/mol. The highest BCUT2D eigenvalue weighted by atomic mass is 16.5. The minimum atomic E-state index is -0.220. The largest absolute Gasteiger partial charge is 0.375 e. The van der Waals surface area contributed by atoms with Gasteiger partial charge in [0.2, 0.25) is 0 Å². The minimum absolute atomic E-state index is 0.220. The van der Waals surface area contributed by atoms with E-state index in [1.165, 1.54) is 4.68 Å². The van der Waals surface area contributed by atoms with Gasteiger partial charge in [0.25, 0.3) is 0 Å². The first-order valence-electron chi connectivity index (χ1n) is 7.43. The summed E-state index contributed by atoms with van der Waals surface area (Å²) in [6.07, 6.45) is 0. The monoisotopic (exact) mass is 310 g/mol. The van der Waals surface area contributed by atoms with Crippen LogP contribution in [0.1, 0.15) is 5.56 Å². The summed E-state index contributed by atoms with van der Waals surface area (Å²) in [5.41, 5.74) is 2.52. The molecule has 0 atom stereocenters. The molecule has 0 radical (unpaired) electrons. The van der Waals surface area contributed by atoms with Gasteiger partial charge < -0.3 is 9.64 Å². The molecule has 23 heavy (non-hydrogen) atoms. The number of ether oxygens (including phenoxy) is 1. The van der Waals surface area contributed by atoms with Gasteiger partial charge in [-0.25, -0.2) is 4.79 Å². The van der Waals surface area contributed by atoms with E-state index in [2.05, 4.69) is 10.3 Å². The Balaban J connectivity index is 1.54. The summed E-state index contributed by atoms with van der Waals surface area (Å²) in [6, 6.07) is 17.1. The zero-order valence-corrected chi connectivity index (χ0v) is 12.9. The van der Waals surface area contributed by atoms with E-state index in [1.807, 2.05) is 54.6 Å². The maximum Gasteiger partial charge on any atom is 0.346 e. The average molecular weight is 310 g/mol. The van der Waals surface area contributed by atoms with E-state index in [0.29, 0.717) is 30.8 Å². The second-order valence-electron chi connectivity index (χ2n) is 5.23. The predicted molar refractivity (Wildman–Crippen MR) is 87.1 cm³/mol. The maximum atomic E-state index is 12.4. The molecule has 0 fully saturated rings. The summed E-state index contributed by atoms with van der Waals surface area (Å²) < 4.78 is 6.92. The van der Waals surface area contributed by atoms with Crippen LogP contribution >= 0.6 is 0 Å². The number of carbonyl (C=O) groups excluding carboxylic acids is 1. The Morgan fingerprint density at radius 1 is 1.13 bits per heavy atom. The molecule has 1 heterocycles. The molecule has 118 valence electrons. The number of likely N-dealkylation sites (N-methyl/N-ethyl adjacent to an activating group) is 1. The van der Waals surface area contributed by atoms with Crippen molar-refractivity contribution in [3.05, 3.63) is 60.2 Å². The Kier molecular flexibility index (Phi) is 4.63.